The van der Waals surface area contributed by atoms with E-state index in [0.717, 1.165) is 10.0 Å². The van der Waals surface area contributed by atoms with Gasteiger partial charge in [-0.25, -0.2) is 0 Å². The van der Waals surface area contributed by atoms with Crippen molar-refractivity contribution in [2.75, 3.05) is 13.2 Å². The van der Waals surface area contributed by atoms with Crippen LogP contribution in [0.2, 0.25) is 0 Å². The molecular weight excluding hydrogens is 274 g/mol. The van der Waals surface area contributed by atoms with E-state index in [-0.39, 0.29) is 25.0 Å². The van der Waals surface area contributed by atoms with Gasteiger partial charge in [-0.1, -0.05) is 28.1 Å². The maximum absolute atomic E-state index is 11.4. The Morgan fingerprint density at radius 2 is 1.69 bits per heavy atom. The fourth-order valence-electron chi connectivity index (χ4n) is 1.47. The van der Waals surface area contributed by atoms with E-state index in [0.29, 0.717) is 6.54 Å². The van der Waals surface area contributed by atoms with Crippen molar-refractivity contribution in [3.63, 3.8) is 0 Å². The number of ether oxygens (including phenoxy) is 1. The van der Waals surface area contributed by atoms with Gasteiger partial charge in [-0.2, -0.15) is 0 Å². The van der Waals surface area contributed by atoms with Crippen molar-refractivity contribution in [2.45, 2.75) is 6.54 Å². The number of morpholine rings is 1. The Balaban J connectivity index is 2.10. The highest BCUT2D eigenvalue weighted by atomic mass is 79.9. The second-order valence-electron chi connectivity index (χ2n) is 3.49. The summed E-state index contributed by atoms with van der Waals surface area (Å²) in [6, 6.07) is 7.51. The summed E-state index contributed by atoms with van der Waals surface area (Å²) in [6.07, 6.45) is 0. The summed E-state index contributed by atoms with van der Waals surface area (Å²) in [6.45, 7) is 0.291. The zero-order valence-electron chi connectivity index (χ0n) is 8.48. The fraction of sp³-hybridized carbons (Fsp3) is 0.273. The van der Waals surface area contributed by atoms with Gasteiger partial charge in [0.1, 0.15) is 13.2 Å². The van der Waals surface area contributed by atoms with E-state index in [4.69, 9.17) is 4.74 Å². The van der Waals surface area contributed by atoms with Crippen molar-refractivity contribution >= 4 is 27.7 Å². The molecule has 84 valence electrons. The minimum atomic E-state index is -0.279. The van der Waals surface area contributed by atoms with Crippen molar-refractivity contribution in [3.8, 4) is 0 Å². The van der Waals surface area contributed by atoms with Crippen LogP contribution in [-0.2, 0) is 20.9 Å². The largest absolute Gasteiger partial charge is 0.362 e. The zero-order valence-corrected chi connectivity index (χ0v) is 10.1. The summed E-state index contributed by atoms with van der Waals surface area (Å²) in [5, 5.41) is 0. The lowest BCUT2D eigenvalue weighted by Gasteiger charge is -2.24. The number of halogens is 1. The number of amides is 2. The molecule has 1 aliphatic heterocycles. The van der Waals surface area contributed by atoms with Crippen LogP contribution in [-0.4, -0.2) is 29.9 Å². The van der Waals surface area contributed by atoms with E-state index in [2.05, 4.69) is 15.9 Å². The molecule has 2 rings (SSSR count). The van der Waals surface area contributed by atoms with Crippen LogP contribution in [0.25, 0.3) is 0 Å². The molecule has 0 atom stereocenters. The second kappa shape index (κ2) is 4.76. The Morgan fingerprint density at radius 1 is 1.12 bits per heavy atom. The highest BCUT2D eigenvalue weighted by Crippen LogP contribution is 2.13. The van der Waals surface area contributed by atoms with Crippen LogP contribution in [0.15, 0.2) is 28.7 Å². The van der Waals surface area contributed by atoms with Gasteiger partial charge in [0.25, 0.3) is 11.8 Å². The van der Waals surface area contributed by atoms with Crippen LogP contribution in [0.1, 0.15) is 5.56 Å². The van der Waals surface area contributed by atoms with Crippen LogP contribution in [0.5, 0.6) is 0 Å². The highest BCUT2D eigenvalue weighted by Gasteiger charge is 2.26. The van der Waals surface area contributed by atoms with Gasteiger partial charge in [-0.15, -0.1) is 0 Å². The van der Waals surface area contributed by atoms with Gasteiger partial charge in [0, 0.05) is 4.47 Å². The van der Waals surface area contributed by atoms with Crippen molar-refractivity contribution in [1.29, 1.82) is 0 Å². The number of hydrogen-bond acceptors (Lipinski definition) is 3. The van der Waals surface area contributed by atoms with Crippen LogP contribution in [0.4, 0.5) is 0 Å². The first-order chi connectivity index (χ1) is 7.66. The number of benzene rings is 1. The second-order valence-corrected chi connectivity index (χ2v) is 4.41. The molecule has 1 fully saturated rings. The lowest BCUT2D eigenvalue weighted by Crippen LogP contribution is -2.45. The third-order valence-electron chi connectivity index (χ3n) is 2.31. The molecule has 1 aromatic rings. The number of nitrogens with zero attached hydrogens (tertiary/aromatic N) is 1. The summed E-state index contributed by atoms with van der Waals surface area (Å²) < 4.78 is 5.80. The summed E-state index contributed by atoms with van der Waals surface area (Å²) in [4.78, 5) is 24.1. The minimum Gasteiger partial charge on any atom is -0.362 e. The highest BCUT2D eigenvalue weighted by molar-refractivity contribution is 9.10. The van der Waals surface area contributed by atoms with Gasteiger partial charge >= 0.3 is 0 Å². The maximum atomic E-state index is 11.4. The van der Waals surface area contributed by atoms with Gasteiger partial charge in [0.15, 0.2) is 0 Å². The molecule has 1 aliphatic rings. The molecule has 1 aromatic carbocycles. The van der Waals surface area contributed by atoms with Crippen LogP contribution < -0.4 is 0 Å². The molecule has 0 unspecified atom stereocenters. The van der Waals surface area contributed by atoms with Gasteiger partial charge in [-0.3, -0.25) is 14.5 Å². The molecule has 4 nitrogen and oxygen atoms in total. The van der Waals surface area contributed by atoms with E-state index in [9.17, 15) is 9.59 Å². The smallest absolute Gasteiger partial charge is 0.255 e. The number of rotatable bonds is 2. The van der Waals surface area contributed by atoms with Gasteiger partial charge in [0.05, 0.1) is 6.54 Å². The Labute approximate surface area is 101 Å². The van der Waals surface area contributed by atoms with E-state index < -0.39 is 0 Å². The normalized spacial score (nSPS) is 16.7. The molecule has 2 amide bonds. The lowest BCUT2D eigenvalue weighted by atomic mass is 10.2. The topological polar surface area (TPSA) is 46.6 Å². The Morgan fingerprint density at radius 3 is 2.25 bits per heavy atom. The number of hydrogen-bond donors (Lipinski definition) is 0. The van der Waals surface area contributed by atoms with Crippen LogP contribution in [0.3, 0.4) is 0 Å². The number of carbonyl (C=O) groups excluding carboxylic acids is 2. The number of carbonyl (C=O) groups is 2. The summed E-state index contributed by atoms with van der Waals surface area (Å²) >= 11 is 3.33. The average Bonchev–Trinajstić information content (AvgIpc) is 2.26. The summed E-state index contributed by atoms with van der Waals surface area (Å²) in [5.74, 6) is -0.557. The Kier molecular flexibility index (Phi) is 3.36. The van der Waals surface area contributed by atoms with E-state index in [1.807, 2.05) is 24.3 Å². The zero-order chi connectivity index (χ0) is 11.5. The fourth-order valence-corrected chi connectivity index (χ4v) is 1.73. The number of imide groups is 1. The van der Waals surface area contributed by atoms with Crippen molar-refractivity contribution in [1.82, 2.24) is 4.90 Å². The van der Waals surface area contributed by atoms with E-state index >= 15 is 0 Å². The first-order valence-corrected chi connectivity index (χ1v) is 5.61. The molecule has 0 radical (unpaired) electrons. The SMILES string of the molecule is O=C1COCC(=O)N1Cc1ccc(Br)cc1. The van der Waals surface area contributed by atoms with E-state index in [1.165, 1.54) is 4.90 Å². The summed E-state index contributed by atoms with van der Waals surface area (Å²) in [5.41, 5.74) is 0.923. The predicted octanol–water partition coefficient (Wildman–Crippen LogP) is 1.33. The molecule has 0 spiro atoms. The van der Waals surface area contributed by atoms with Crippen molar-refractivity contribution < 1.29 is 14.3 Å². The lowest BCUT2D eigenvalue weighted by molar-refractivity contribution is -0.159. The van der Waals surface area contributed by atoms with Gasteiger partial charge in [-0.05, 0) is 17.7 Å². The first-order valence-electron chi connectivity index (χ1n) is 4.82. The molecule has 16 heavy (non-hydrogen) atoms. The van der Waals surface area contributed by atoms with Crippen LogP contribution in [0, 0.1) is 0 Å². The molecule has 1 saturated heterocycles. The maximum Gasteiger partial charge on any atom is 0.255 e. The molecule has 0 saturated carbocycles. The Bertz CT molecular complexity index is 400. The molecule has 0 aliphatic carbocycles. The van der Waals surface area contributed by atoms with E-state index in [1.54, 1.807) is 0 Å². The summed E-state index contributed by atoms with van der Waals surface area (Å²) in [7, 11) is 0. The average molecular weight is 284 g/mol. The molecular formula is C11H10BrNO3. The quantitative estimate of drug-likeness (QED) is 0.770. The molecule has 0 N–H and O–H groups in total. The minimum absolute atomic E-state index is 0.0116. The Hall–Kier alpha value is -1.20. The van der Waals surface area contributed by atoms with Crippen molar-refractivity contribution in [3.05, 3.63) is 34.3 Å². The molecule has 5 heteroatoms. The predicted molar refractivity (Wildman–Crippen MR) is 60.5 cm³/mol. The standard InChI is InChI=1S/C11H10BrNO3/c12-9-3-1-8(2-4-9)5-13-10(14)6-16-7-11(13)15/h1-4H,5-7H2. The van der Waals surface area contributed by atoms with Gasteiger partial charge < -0.3 is 4.74 Å². The molecule has 1 heterocycles. The van der Waals surface area contributed by atoms with Crippen LogP contribution >= 0.6 is 15.9 Å². The monoisotopic (exact) mass is 283 g/mol. The molecule has 0 aromatic heterocycles. The third kappa shape index (κ3) is 2.48. The van der Waals surface area contributed by atoms with Gasteiger partial charge in [0.2, 0.25) is 0 Å². The molecule has 0 bridgehead atoms. The third-order valence-corrected chi connectivity index (χ3v) is 2.84. The van der Waals surface area contributed by atoms with Crippen molar-refractivity contribution in [2.24, 2.45) is 0 Å². The first kappa shape index (κ1) is 11.3.